The van der Waals surface area contributed by atoms with Crippen LogP contribution < -0.4 is 0 Å². The molecule has 19 heavy (non-hydrogen) atoms. The maximum atomic E-state index is 5.96. The van der Waals surface area contributed by atoms with Gasteiger partial charge in [0.15, 0.2) is 0 Å². The van der Waals surface area contributed by atoms with E-state index in [-0.39, 0.29) is 24.4 Å². The van der Waals surface area contributed by atoms with Gasteiger partial charge in [-0.15, -0.1) is 0 Å². The van der Waals surface area contributed by atoms with E-state index in [1.165, 1.54) is 25.7 Å². The minimum Gasteiger partial charge on any atom is -0.400 e. The zero-order chi connectivity index (χ0) is 14.1. The number of ether oxygens (including phenoxy) is 1. The van der Waals surface area contributed by atoms with E-state index in [0.717, 1.165) is 0 Å². The van der Waals surface area contributed by atoms with E-state index < -0.39 is 0 Å². The van der Waals surface area contributed by atoms with Crippen LogP contribution in [0.5, 0.6) is 0 Å². The third-order valence-electron chi connectivity index (χ3n) is 4.87. The molecule has 0 spiro atoms. The molecular weight excluding hydrogens is 239 g/mol. The van der Waals surface area contributed by atoms with Gasteiger partial charge in [-0.25, -0.2) is 0 Å². The van der Waals surface area contributed by atoms with Crippen LogP contribution in [0.4, 0.5) is 0 Å². The van der Waals surface area contributed by atoms with Gasteiger partial charge in [0.2, 0.25) is 0 Å². The average molecular weight is 266 g/mol. The van der Waals surface area contributed by atoms with E-state index in [4.69, 9.17) is 14.0 Å². The second-order valence-corrected chi connectivity index (χ2v) is 6.75. The van der Waals surface area contributed by atoms with E-state index >= 15 is 0 Å². The minimum atomic E-state index is -0.266. The molecule has 0 N–H and O–H groups in total. The molecule has 1 heterocycles. The molecule has 4 heteroatoms. The molecule has 0 aromatic heterocycles. The van der Waals surface area contributed by atoms with Gasteiger partial charge >= 0.3 is 7.12 Å². The maximum absolute atomic E-state index is 5.96. The van der Waals surface area contributed by atoms with Crippen molar-refractivity contribution in [1.82, 2.24) is 0 Å². The molecule has 2 aliphatic rings. The van der Waals surface area contributed by atoms with Crippen molar-refractivity contribution in [2.24, 2.45) is 5.92 Å². The maximum Gasteiger partial charge on any atom is 0.486 e. The van der Waals surface area contributed by atoms with Crippen molar-refractivity contribution >= 4 is 7.12 Å². The van der Waals surface area contributed by atoms with E-state index in [0.29, 0.717) is 5.92 Å². The fraction of sp³-hybridized carbons (Fsp3) is 0.867. The zero-order valence-electron chi connectivity index (χ0n) is 12.9. The lowest BCUT2D eigenvalue weighted by atomic mass is 9.87. The summed E-state index contributed by atoms with van der Waals surface area (Å²) in [5.74, 6) is 2.67. The van der Waals surface area contributed by atoms with Crippen molar-refractivity contribution in [2.75, 3.05) is 7.11 Å². The van der Waals surface area contributed by atoms with Gasteiger partial charge in [0, 0.05) is 7.11 Å². The first-order valence-corrected chi connectivity index (χ1v) is 7.42. The fourth-order valence-corrected chi connectivity index (χ4v) is 2.88. The van der Waals surface area contributed by atoms with Gasteiger partial charge in [0.25, 0.3) is 0 Å². The van der Waals surface area contributed by atoms with Crippen molar-refractivity contribution < 1.29 is 14.0 Å². The van der Waals surface area contributed by atoms with Crippen LogP contribution in [0.2, 0.25) is 0 Å². The van der Waals surface area contributed by atoms with Crippen LogP contribution in [-0.2, 0) is 14.0 Å². The first-order chi connectivity index (χ1) is 8.86. The average Bonchev–Trinajstić information content (AvgIpc) is 2.87. The Morgan fingerprint density at radius 1 is 1.11 bits per heavy atom. The fourth-order valence-electron chi connectivity index (χ4n) is 2.88. The van der Waals surface area contributed by atoms with Crippen LogP contribution in [0.3, 0.4) is 0 Å². The van der Waals surface area contributed by atoms with Gasteiger partial charge < -0.3 is 14.0 Å². The van der Waals surface area contributed by atoms with Crippen molar-refractivity contribution in [2.45, 2.75) is 70.7 Å². The lowest BCUT2D eigenvalue weighted by Crippen LogP contribution is -2.41. The monoisotopic (exact) mass is 266 g/mol. The quantitative estimate of drug-likeness (QED) is 0.730. The summed E-state index contributed by atoms with van der Waals surface area (Å²) in [5.41, 5.74) is -0.532. The van der Waals surface area contributed by atoms with Crippen molar-refractivity contribution in [1.29, 1.82) is 0 Å². The van der Waals surface area contributed by atoms with E-state index in [1.807, 2.05) is 5.98 Å². The largest absolute Gasteiger partial charge is 0.486 e. The standard InChI is InChI=1S/C15H27BO3/c1-14(2)15(3,4)19-16(18-14)11-10-13(17-5)12-8-6-7-9-12/h10-13H,6-9H2,1-5H3/b11-10+. The first-order valence-electron chi connectivity index (χ1n) is 7.42. The number of methoxy groups -OCH3 is 1. The summed E-state index contributed by atoms with van der Waals surface area (Å²) in [6.45, 7) is 8.30. The summed E-state index contributed by atoms with van der Waals surface area (Å²) in [5, 5.41) is 0. The molecule has 3 nitrogen and oxygen atoms in total. The molecule has 0 radical (unpaired) electrons. The van der Waals surface area contributed by atoms with Crippen LogP contribution in [-0.4, -0.2) is 31.5 Å². The van der Waals surface area contributed by atoms with Crippen LogP contribution >= 0.6 is 0 Å². The molecule has 1 aliphatic heterocycles. The highest BCUT2D eigenvalue weighted by molar-refractivity contribution is 6.51. The third-order valence-corrected chi connectivity index (χ3v) is 4.87. The highest BCUT2D eigenvalue weighted by atomic mass is 16.7. The Morgan fingerprint density at radius 3 is 2.11 bits per heavy atom. The predicted molar refractivity (Wildman–Crippen MR) is 78.0 cm³/mol. The molecular formula is C15H27BO3. The Labute approximate surface area is 117 Å². The Kier molecular flexibility index (Phi) is 4.43. The smallest absolute Gasteiger partial charge is 0.400 e. The summed E-state index contributed by atoms with van der Waals surface area (Å²) in [4.78, 5) is 0. The molecule has 2 fully saturated rings. The summed E-state index contributed by atoms with van der Waals surface area (Å²) < 4.78 is 17.5. The van der Waals surface area contributed by atoms with Gasteiger partial charge in [-0.2, -0.15) is 0 Å². The topological polar surface area (TPSA) is 27.7 Å². The van der Waals surface area contributed by atoms with E-state index in [1.54, 1.807) is 7.11 Å². The van der Waals surface area contributed by atoms with Gasteiger partial charge in [-0.3, -0.25) is 0 Å². The Morgan fingerprint density at radius 2 is 1.63 bits per heavy atom. The molecule has 2 rings (SSSR count). The molecule has 0 aromatic carbocycles. The highest BCUT2D eigenvalue weighted by Crippen LogP contribution is 2.37. The van der Waals surface area contributed by atoms with Crippen LogP contribution in [0.1, 0.15) is 53.4 Å². The second kappa shape index (κ2) is 5.59. The van der Waals surface area contributed by atoms with E-state index in [9.17, 15) is 0 Å². The number of hydrogen-bond acceptors (Lipinski definition) is 3. The van der Waals surface area contributed by atoms with Gasteiger partial charge in [-0.1, -0.05) is 24.9 Å². The molecule has 108 valence electrons. The summed E-state index contributed by atoms with van der Waals surface area (Å²) in [7, 11) is 1.53. The van der Waals surface area contributed by atoms with Gasteiger partial charge in [0.05, 0.1) is 17.3 Å². The summed E-state index contributed by atoms with van der Waals surface area (Å²) in [6.07, 6.45) is 7.52. The summed E-state index contributed by atoms with van der Waals surface area (Å²) >= 11 is 0. The number of rotatable bonds is 4. The molecule has 0 bridgehead atoms. The zero-order valence-corrected chi connectivity index (χ0v) is 12.9. The molecule has 1 aliphatic carbocycles. The second-order valence-electron chi connectivity index (χ2n) is 6.75. The van der Waals surface area contributed by atoms with Crippen LogP contribution in [0.25, 0.3) is 0 Å². The minimum absolute atomic E-state index is 0.196. The Balaban J connectivity index is 1.95. The van der Waals surface area contributed by atoms with Gasteiger partial charge in [0.1, 0.15) is 0 Å². The molecule has 0 amide bonds. The lowest BCUT2D eigenvalue weighted by molar-refractivity contribution is 0.00578. The lowest BCUT2D eigenvalue weighted by Gasteiger charge is -2.32. The van der Waals surface area contributed by atoms with Crippen molar-refractivity contribution in [3.63, 3.8) is 0 Å². The predicted octanol–water partition coefficient (Wildman–Crippen LogP) is 3.38. The summed E-state index contributed by atoms with van der Waals surface area (Å²) in [6, 6.07) is 0. The molecule has 1 saturated carbocycles. The van der Waals surface area contributed by atoms with Crippen LogP contribution in [0, 0.1) is 5.92 Å². The normalized spacial score (nSPS) is 28.4. The molecule has 1 atom stereocenters. The third kappa shape index (κ3) is 3.23. The molecule has 1 unspecified atom stereocenters. The van der Waals surface area contributed by atoms with Crippen molar-refractivity contribution in [3.8, 4) is 0 Å². The molecule has 1 saturated heterocycles. The SMILES string of the molecule is COC(/C=C/B1OC(C)(C)C(C)(C)O1)C1CCCC1. The van der Waals surface area contributed by atoms with Crippen molar-refractivity contribution in [3.05, 3.63) is 12.1 Å². The first kappa shape index (κ1) is 15.1. The number of hydrogen-bond donors (Lipinski definition) is 0. The van der Waals surface area contributed by atoms with Crippen LogP contribution in [0.15, 0.2) is 12.1 Å². The molecule has 0 aromatic rings. The van der Waals surface area contributed by atoms with E-state index in [2.05, 4.69) is 33.8 Å². The Bertz CT molecular complexity index is 316. The Hall–Kier alpha value is -0.315. The highest BCUT2D eigenvalue weighted by Gasteiger charge is 2.50. The van der Waals surface area contributed by atoms with Gasteiger partial charge in [-0.05, 0) is 46.5 Å².